The molecule has 21 heavy (non-hydrogen) atoms. The average molecular weight is 362 g/mol. The first kappa shape index (κ1) is 15.7. The Bertz CT molecular complexity index is 553. The Morgan fingerprint density at radius 2 is 2.29 bits per heavy atom. The number of nitrogens with zero attached hydrogens (tertiary/aromatic N) is 1. The van der Waals surface area contributed by atoms with E-state index in [0.29, 0.717) is 4.47 Å². The summed E-state index contributed by atoms with van der Waals surface area (Å²) in [7, 11) is 0. The zero-order chi connectivity index (χ0) is 15.4. The number of amides is 1. The number of halogens is 2. The van der Waals surface area contributed by atoms with Crippen LogP contribution in [0.15, 0.2) is 22.7 Å². The highest BCUT2D eigenvalue weighted by Gasteiger charge is 2.32. The van der Waals surface area contributed by atoms with Crippen LogP contribution < -0.4 is 4.74 Å². The highest BCUT2D eigenvalue weighted by Crippen LogP contribution is 2.21. The molecule has 8 heteroatoms. The van der Waals surface area contributed by atoms with Gasteiger partial charge in [0.25, 0.3) is 5.91 Å². The average Bonchev–Trinajstić information content (AvgIpc) is 2.46. The van der Waals surface area contributed by atoms with E-state index in [1.807, 2.05) is 0 Å². The largest absolute Gasteiger partial charge is 0.481 e. The van der Waals surface area contributed by atoms with Crippen molar-refractivity contribution in [3.63, 3.8) is 0 Å². The van der Waals surface area contributed by atoms with Crippen LogP contribution in [-0.2, 0) is 14.3 Å². The second-order valence-electron chi connectivity index (χ2n) is 4.38. The van der Waals surface area contributed by atoms with E-state index in [9.17, 15) is 14.0 Å². The summed E-state index contributed by atoms with van der Waals surface area (Å²) in [4.78, 5) is 24.2. The molecule has 1 fully saturated rings. The lowest BCUT2D eigenvalue weighted by atomic mass is 10.2. The van der Waals surface area contributed by atoms with Crippen LogP contribution in [0.5, 0.6) is 5.75 Å². The Morgan fingerprint density at radius 3 is 2.95 bits per heavy atom. The van der Waals surface area contributed by atoms with Crippen molar-refractivity contribution in [3.05, 3.63) is 28.5 Å². The second-order valence-corrected chi connectivity index (χ2v) is 5.30. The Balaban J connectivity index is 1.98. The van der Waals surface area contributed by atoms with Crippen molar-refractivity contribution < 1.29 is 28.6 Å². The molecule has 0 aromatic heterocycles. The minimum atomic E-state index is -1.14. The van der Waals surface area contributed by atoms with Crippen molar-refractivity contribution in [1.82, 2.24) is 4.90 Å². The molecule has 0 bridgehead atoms. The van der Waals surface area contributed by atoms with E-state index in [1.54, 1.807) is 6.07 Å². The summed E-state index contributed by atoms with van der Waals surface area (Å²) >= 11 is 3.11. The number of carboxylic acid groups (broad SMARTS) is 1. The molecular weight excluding hydrogens is 349 g/mol. The molecule has 1 amide bonds. The lowest BCUT2D eigenvalue weighted by Crippen LogP contribution is -2.53. The van der Waals surface area contributed by atoms with E-state index in [0.717, 1.165) is 0 Å². The fraction of sp³-hybridized carbons (Fsp3) is 0.385. The standard InChI is InChI=1S/C13H13BrFNO5/c14-8-1-2-11(9(15)5-8)21-7-12(17)16-3-4-20-6-10(16)13(18)19/h1-2,5,10H,3-4,6-7H2,(H,18,19)/t10-/m1/s1. The maximum atomic E-state index is 13.6. The summed E-state index contributed by atoms with van der Waals surface area (Å²) in [5.41, 5.74) is 0. The van der Waals surface area contributed by atoms with Crippen LogP contribution in [0, 0.1) is 5.82 Å². The molecule has 1 saturated heterocycles. The third-order valence-corrected chi connectivity index (χ3v) is 3.47. The minimum Gasteiger partial charge on any atom is -0.481 e. The summed E-state index contributed by atoms with van der Waals surface area (Å²) in [6.07, 6.45) is 0. The fourth-order valence-corrected chi connectivity index (χ4v) is 2.25. The second kappa shape index (κ2) is 6.86. The molecule has 0 unspecified atom stereocenters. The van der Waals surface area contributed by atoms with E-state index in [4.69, 9.17) is 14.6 Å². The van der Waals surface area contributed by atoms with E-state index < -0.39 is 30.3 Å². The topological polar surface area (TPSA) is 76.1 Å². The predicted molar refractivity (Wildman–Crippen MR) is 73.6 cm³/mol. The molecular formula is C13H13BrFNO5. The Morgan fingerprint density at radius 1 is 1.52 bits per heavy atom. The number of rotatable bonds is 4. The highest BCUT2D eigenvalue weighted by atomic mass is 79.9. The van der Waals surface area contributed by atoms with Gasteiger partial charge in [-0.05, 0) is 18.2 Å². The quantitative estimate of drug-likeness (QED) is 0.874. The van der Waals surface area contributed by atoms with Gasteiger partial charge in [0.1, 0.15) is 0 Å². The van der Waals surface area contributed by atoms with Crippen molar-refractivity contribution in [1.29, 1.82) is 0 Å². The van der Waals surface area contributed by atoms with E-state index in [2.05, 4.69) is 15.9 Å². The number of carbonyl (C=O) groups excluding carboxylic acids is 1. The van der Waals surface area contributed by atoms with Crippen LogP contribution in [0.3, 0.4) is 0 Å². The Kier molecular flexibility index (Phi) is 5.13. The zero-order valence-electron chi connectivity index (χ0n) is 10.9. The number of hydrogen-bond donors (Lipinski definition) is 1. The molecule has 1 aliphatic heterocycles. The summed E-state index contributed by atoms with van der Waals surface area (Å²) < 4.78 is 24.3. The SMILES string of the molecule is O=C(O)[C@H]1COCCN1C(=O)COc1ccc(Br)cc1F. The summed E-state index contributed by atoms with van der Waals surface area (Å²) in [6, 6.07) is 3.15. The van der Waals surface area contributed by atoms with Gasteiger partial charge in [0.15, 0.2) is 24.2 Å². The van der Waals surface area contributed by atoms with Gasteiger partial charge < -0.3 is 19.5 Å². The van der Waals surface area contributed by atoms with Gasteiger partial charge in [0.05, 0.1) is 13.2 Å². The van der Waals surface area contributed by atoms with Gasteiger partial charge in [-0.3, -0.25) is 4.79 Å². The van der Waals surface area contributed by atoms with Crippen LogP contribution in [0.4, 0.5) is 4.39 Å². The number of benzene rings is 1. The molecule has 1 N–H and O–H groups in total. The van der Waals surface area contributed by atoms with Gasteiger partial charge in [0, 0.05) is 11.0 Å². The first-order valence-electron chi connectivity index (χ1n) is 6.17. The van der Waals surface area contributed by atoms with Gasteiger partial charge >= 0.3 is 5.97 Å². The molecule has 1 atom stereocenters. The van der Waals surface area contributed by atoms with Crippen LogP contribution in [0.1, 0.15) is 0 Å². The third kappa shape index (κ3) is 3.92. The van der Waals surface area contributed by atoms with Crippen molar-refractivity contribution in [2.24, 2.45) is 0 Å². The molecule has 1 aliphatic rings. The molecule has 1 aromatic carbocycles. The number of ether oxygens (including phenoxy) is 2. The lowest BCUT2D eigenvalue weighted by molar-refractivity contribution is -0.159. The van der Waals surface area contributed by atoms with Gasteiger partial charge in [0.2, 0.25) is 0 Å². The normalized spacial score (nSPS) is 18.4. The number of aliphatic carboxylic acids is 1. The molecule has 0 aliphatic carbocycles. The molecule has 6 nitrogen and oxygen atoms in total. The van der Waals surface area contributed by atoms with Crippen LogP contribution >= 0.6 is 15.9 Å². The molecule has 1 heterocycles. The highest BCUT2D eigenvalue weighted by molar-refractivity contribution is 9.10. The Hall–Kier alpha value is -1.67. The van der Waals surface area contributed by atoms with Crippen LogP contribution in [-0.4, -0.2) is 54.3 Å². The summed E-state index contributed by atoms with van der Waals surface area (Å²) in [5.74, 6) is -2.33. The lowest BCUT2D eigenvalue weighted by Gasteiger charge is -2.32. The van der Waals surface area contributed by atoms with E-state index >= 15 is 0 Å². The first-order chi connectivity index (χ1) is 9.99. The van der Waals surface area contributed by atoms with Crippen molar-refractivity contribution in [2.75, 3.05) is 26.4 Å². The molecule has 0 saturated carbocycles. The van der Waals surface area contributed by atoms with Crippen molar-refractivity contribution >= 4 is 27.8 Å². The minimum absolute atomic E-state index is 0.0618. The maximum Gasteiger partial charge on any atom is 0.328 e. The number of carbonyl (C=O) groups is 2. The number of morpholine rings is 1. The zero-order valence-corrected chi connectivity index (χ0v) is 12.5. The monoisotopic (exact) mass is 361 g/mol. The molecule has 1 aromatic rings. The maximum absolute atomic E-state index is 13.6. The van der Waals surface area contributed by atoms with Gasteiger partial charge in [-0.1, -0.05) is 15.9 Å². The Labute approximate surface area is 128 Å². The van der Waals surface area contributed by atoms with Gasteiger partial charge in [-0.25, -0.2) is 9.18 Å². The fourth-order valence-electron chi connectivity index (χ4n) is 1.92. The number of carboxylic acids is 1. The van der Waals surface area contributed by atoms with Crippen molar-refractivity contribution in [3.8, 4) is 5.75 Å². The van der Waals surface area contributed by atoms with Gasteiger partial charge in [-0.2, -0.15) is 0 Å². The van der Waals surface area contributed by atoms with Gasteiger partial charge in [-0.15, -0.1) is 0 Å². The first-order valence-corrected chi connectivity index (χ1v) is 6.96. The van der Waals surface area contributed by atoms with E-state index in [1.165, 1.54) is 17.0 Å². The van der Waals surface area contributed by atoms with Crippen molar-refractivity contribution in [2.45, 2.75) is 6.04 Å². The van der Waals surface area contributed by atoms with Crippen LogP contribution in [0.2, 0.25) is 0 Å². The summed E-state index contributed by atoms with van der Waals surface area (Å²) in [5, 5.41) is 9.04. The smallest absolute Gasteiger partial charge is 0.328 e. The molecule has 0 spiro atoms. The summed E-state index contributed by atoms with van der Waals surface area (Å²) in [6.45, 7) is -0.0554. The third-order valence-electron chi connectivity index (χ3n) is 2.98. The molecule has 2 rings (SSSR count). The molecule has 114 valence electrons. The predicted octanol–water partition coefficient (Wildman–Crippen LogP) is 1.28. The van der Waals surface area contributed by atoms with E-state index in [-0.39, 0.29) is 25.5 Å². The number of hydrogen-bond acceptors (Lipinski definition) is 4. The molecule has 0 radical (unpaired) electrons. The van der Waals surface area contributed by atoms with Crippen LogP contribution in [0.25, 0.3) is 0 Å².